The van der Waals surface area contributed by atoms with Crippen molar-refractivity contribution in [3.8, 4) is 11.1 Å². The first-order valence-corrected chi connectivity index (χ1v) is 9.27. The van der Waals surface area contributed by atoms with E-state index in [1.807, 2.05) is 54.6 Å². The van der Waals surface area contributed by atoms with E-state index in [9.17, 15) is 9.59 Å². The summed E-state index contributed by atoms with van der Waals surface area (Å²) in [7, 11) is 0. The number of carbonyl (C=O) groups is 2. The Balaban J connectivity index is 1.45. The number of para-hydroxylation sites is 1. The van der Waals surface area contributed by atoms with E-state index < -0.39 is 0 Å². The van der Waals surface area contributed by atoms with Crippen LogP contribution >= 0.6 is 0 Å². The summed E-state index contributed by atoms with van der Waals surface area (Å²) in [4.78, 5) is 32.6. The Morgan fingerprint density at radius 3 is 2.54 bits per heavy atom. The van der Waals surface area contributed by atoms with E-state index >= 15 is 0 Å². The quantitative estimate of drug-likeness (QED) is 0.686. The largest absolute Gasteiger partial charge is 0.332 e. The minimum absolute atomic E-state index is 0.0418. The molecule has 3 aromatic rings. The Hall–Kier alpha value is -3.48. The Morgan fingerprint density at radius 1 is 1.00 bits per heavy atom. The second-order valence-corrected chi connectivity index (χ2v) is 6.65. The minimum atomic E-state index is -0.0660. The molecule has 0 spiro atoms. The Labute approximate surface area is 163 Å². The van der Waals surface area contributed by atoms with Crippen molar-refractivity contribution < 1.29 is 9.59 Å². The molecule has 0 N–H and O–H groups in total. The maximum absolute atomic E-state index is 12.8. The molecule has 2 heterocycles. The fourth-order valence-corrected chi connectivity index (χ4v) is 3.43. The molecular weight excluding hydrogens is 354 g/mol. The van der Waals surface area contributed by atoms with Gasteiger partial charge in [0.05, 0.1) is 12.2 Å². The highest BCUT2D eigenvalue weighted by molar-refractivity contribution is 6.01. The van der Waals surface area contributed by atoms with Crippen LogP contribution < -0.4 is 4.90 Å². The average molecular weight is 375 g/mol. The number of benzene rings is 2. The van der Waals surface area contributed by atoms with Crippen LogP contribution in [0.25, 0.3) is 11.1 Å². The first-order chi connectivity index (χ1) is 13.7. The van der Waals surface area contributed by atoms with E-state index in [4.69, 9.17) is 0 Å². The van der Waals surface area contributed by atoms with Crippen LogP contribution in [0.4, 0.5) is 5.69 Å². The summed E-state index contributed by atoms with van der Waals surface area (Å²) in [6.07, 6.45) is 3.32. The summed E-state index contributed by atoms with van der Waals surface area (Å²) < 4.78 is 1.62. The molecule has 0 aliphatic carbocycles. The molecule has 0 unspecified atom stereocenters. The number of carbonyl (C=O) groups excluding carboxylic acids is 2. The van der Waals surface area contributed by atoms with Crippen molar-refractivity contribution in [2.24, 2.45) is 0 Å². The first-order valence-electron chi connectivity index (χ1n) is 9.27. The zero-order valence-electron chi connectivity index (χ0n) is 15.4. The summed E-state index contributed by atoms with van der Waals surface area (Å²) in [5, 5.41) is 4.00. The van der Waals surface area contributed by atoms with Crippen molar-refractivity contribution in [1.82, 2.24) is 19.7 Å². The van der Waals surface area contributed by atoms with E-state index in [2.05, 4.69) is 10.1 Å². The van der Waals surface area contributed by atoms with Gasteiger partial charge in [-0.25, -0.2) is 4.98 Å². The SMILES string of the molecule is O=C(CCn1cncn1)N1CCN(c2ccccc2-c2ccccc2)C(=O)C1. The highest BCUT2D eigenvalue weighted by atomic mass is 16.2. The molecule has 0 saturated carbocycles. The van der Waals surface area contributed by atoms with Crippen molar-refractivity contribution in [2.45, 2.75) is 13.0 Å². The molecule has 2 amide bonds. The molecule has 1 aliphatic rings. The van der Waals surface area contributed by atoms with Crippen LogP contribution in [0.15, 0.2) is 67.3 Å². The van der Waals surface area contributed by atoms with Gasteiger partial charge in [-0.15, -0.1) is 0 Å². The fourth-order valence-electron chi connectivity index (χ4n) is 3.43. The third-order valence-electron chi connectivity index (χ3n) is 4.87. The van der Waals surface area contributed by atoms with Crippen LogP contribution in [-0.4, -0.2) is 51.1 Å². The zero-order valence-corrected chi connectivity index (χ0v) is 15.4. The summed E-state index contributed by atoms with van der Waals surface area (Å²) in [5.74, 6) is -0.108. The fraction of sp³-hybridized carbons (Fsp3) is 0.238. The van der Waals surface area contributed by atoms with Gasteiger partial charge in [0, 0.05) is 25.1 Å². The van der Waals surface area contributed by atoms with Crippen molar-refractivity contribution in [3.63, 3.8) is 0 Å². The number of piperazine rings is 1. The molecule has 7 heteroatoms. The van der Waals surface area contributed by atoms with Gasteiger partial charge < -0.3 is 9.80 Å². The standard InChI is InChI=1S/C21H21N5O2/c27-20(10-11-25-16-22-15-23-25)24-12-13-26(21(28)14-24)19-9-5-4-8-18(19)17-6-2-1-3-7-17/h1-9,15-16H,10-14H2. The lowest BCUT2D eigenvalue weighted by Gasteiger charge is -2.35. The number of aromatic nitrogens is 3. The number of rotatable bonds is 5. The van der Waals surface area contributed by atoms with Gasteiger partial charge in [-0.05, 0) is 11.6 Å². The summed E-state index contributed by atoms with van der Waals surface area (Å²) in [5.41, 5.74) is 2.97. The number of aryl methyl sites for hydroxylation is 1. The van der Waals surface area contributed by atoms with Crippen molar-refractivity contribution >= 4 is 17.5 Å². The maximum Gasteiger partial charge on any atom is 0.246 e. The molecule has 4 rings (SSSR count). The molecule has 0 radical (unpaired) electrons. The molecular formula is C21H21N5O2. The number of hydrogen-bond donors (Lipinski definition) is 0. The van der Waals surface area contributed by atoms with E-state index in [0.717, 1.165) is 16.8 Å². The summed E-state index contributed by atoms with van der Waals surface area (Å²) in [6.45, 7) is 1.56. The smallest absolute Gasteiger partial charge is 0.246 e. The Kier molecular flexibility index (Phi) is 5.14. The second-order valence-electron chi connectivity index (χ2n) is 6.65. The lowest BCUT2D eigenvalue weighted by atomic mass is 10.0. The number of amides is 2. The molecule has 28 heavy (non-hydrogen) atoms. The van der Waals surface area contributed by atoms with Gasteiger partial charge in [-0.2, -0.15) is 5.10 Å². The number of hydrogen-bond acceptors (Lipinski definition) is 4. The Bertz CT molecular complexity index is 956. The van der Waals surface area contributed by atoms with Crippen LogP contribution in [0, 0.1) is 0 Å². The van der Waals surface area contributed by atoms with E-state index in [1.54, 1.807) is 20.8 Å². The molecule has 2 aromatic carbocycles. The molecule has 1 fully saturated rings. The highest BCUT2D eigenvalue weighted by Gasteiger charge is 2.29. The zero-order chi connectivity index (χ0) is 19.3. The molecule has 1 aliphatic heterocycles. The van der Waals surface area contributed by atoms with Crippen molar-refractivity contribution in [2.75, 3.05) is 24.5 Å². The molecule has 142 valence electrons. The predicted molar refractivity (Wildman–Crippen MR) is 105 cm³/mol. The third kappa shape index (κ3) is 3.78. The number of anilines is 1. The molecule has 0 bridgehead atoms. The van der Waals surface area contributed by atoms with Crippen molar-refractivity contribution in [3.05, 3.63) is 67.3 Å². The lowest BCUT2D eigenvalue weighted by Crippen LogP contribution is -2.52. The topological polar surface area (TPSA) is 71.3 Å². The van der Waals surface area contributed by atoms with Gasteiger partial charge in [0.1, 0.15) is 19.2 Å². The van der Waals surface area contributed by atoms with Crippen LogP contribution in [0.2, 0.25) is 0 Å². The van der Waals surface area contributed by atoms with Gasteiger partial charge in [-0.3, -0.25) is 14.3 Å². The van der Waals surface area contributed by atoms with Gasteiger partial charge in [-0.1, -0.05) is 48.5 Å². The molecule has 0 atom stereocenters. The molecule has 7 nitrogen and oxygen atoms in total. The normalized spacial score (nSPS) is 14.4. The van der Waals surface area contributed by atoms with Gasteiger partial charge in [0.15, 0.2) is 0 Å². The predicted octanol–water partition coefficient (Wildman–Crippen LogP) is 2.21. The van der Waals surface area contributed by atoms with E-state index in [0.29, 0.717) is 26.1 Å². The van der Waals surface area contributed by atoms with Crippen LogP contribution in [0.3, 0.4) is 0 Å². The monoisotopic (exact) mass is 375 g/mol. The van der Waals surface area contributed by atoms with Crippen LogP contribution in [-0.2, 0) is 16.1 Å². The Morgan fingerprint density at radius 2 is 1.79 bits per heavy atom. The summed E-state index contributed by atoms with van der Waals surface area (Å²) in [6, 6.07) is 17.9. The average Bonchev–Trinajstić information content (AvgIpc) is 3.26. The van der Waals surface area contributed by atoms with Gasteiger partial charge >= 0.3 is 0 Å². The second kappa shape index (κ2) is 8.04. The van der Waals surface area contributed by atoms with E-state index in [1.165, 1.54) is 6.33 Å². The van der Waals surface area contributed by atoms with Gasteiger partial charge in [0.25, 0.3) is 0 Å². The van der Waals surface area contributed by atoms with Crippen molar-refractivity contribution in [1.29, 1.82) is 0 Å². The van der Waals surface area contributed by atoms with E-state index in [-0.39, 0.29) is 18.4 Å². The first kappa shape index (κ1) is 17.9. The van der Waals surface area contributed by atoms with Crippen LogP contribution in [0.5, 0.6) is 0 Å². The highest BCUT2D eigenvalue weighted by Crippen LogP contribution is 2.31. The molecule has 1 aromatic heterocycles. The van der Waals surface area contributed by atoms with Gasteiger partial charge in [0.2, 0.25) is 11.8 Å². The van der Waals surface area contributed by atoms with Crippen LogP contribution in [0.1, 0.15) is 6.42 Å². The molecule has 1 saturated heterocycles. The minimum Gasteiger partial charge on any atom is -0.332 e. The summed E-state index contributed by atoms with van der Waals surface area (Å²) >= 11 is 0. The number of nitrogens with zero attached hydrogens (tertiary/aromatic N) is 5. The maximum atomic E-state index is 12.8. The lowest BCUT2D eigenvalue weighted by molar-refractivity contribution is -0.137. The third-order valence-corrected chi connectivity index (χ3v) is 4.87.